The normalized spacial score (nSPS) is 11.7. The van der Waals surface area contributed by atoms with Gasteiger partial charge in [0.05, 0.1) is 11.1 Å². The fourth-order valence-electron chi connectivity index (χ4n) is 2.04. The molecule has 0 aliphatic rings. The van der Waals surface area contributed by atoms with Crippen molar-refractivity contribution >= 4 is 27.8 Å². The summed E-state index contributed by atoms with van der Waals surface area (Å²) in [6.07, 6.45) is 1.55. The smallest absolute Gasteiger partial charge is 0.265 e. The number of aryl methyl sites for hydroxylation is 1. The van der Waals surface area contributed by atoms with Crippen LogP contribution in [0.1, 0.15) is 11.1 Å². The van der Waals surface area contributed by atoms with E-state index in [0.29, 0.717) is 5.69 Å². The summed E-state index contributed by atoms with van der Waals surface area (Å²) in [6.45, 7) is 1.70. The van der Waals surface area contributed by atoms with Crippen molar-refractivity contribution in [3.63, 3.8) is 0 Å². The Balaban J connectivity index is 1.87. The monoisotopic (exact) mass is 375 g/mol. The highest BCUT2D eigenvalue weighted by Crippen LogP contribution is 2.16. The van der Waals surface area contributed by atoms with E-state index in [1.165, 1.54) is 38.4 Å². The van der Waals surface area contributed by atoms with Crippen LogP contribution < -0.4 is 5.32 Å². The van der Waals surface area contributed by atoms with E-state index in [0.717, 1.165) is 15.4 Å². The zero-order valence-electron chi connectivity index (χ0n) is 14.8. The van der Waals surface area contributed by atoms with Crippen molar-refractivity contribution in [2.45, 2.75) is 11.8 Å². The highest BCUT2D eigenvalue weighted by atomic mass is 32.2. The van der Waals surface area contributed by atoms with E-state index >= 15 is 0 Å². The number of amides is 1. The molecule has 0 radical (unpaired) electrons. The maximum atomic E-state index is 12.0. The third kappa shape index (κ3) is 5.14. The summed E-state index contributed by atoms with van der Waals surface area (Å²) in [6, 6.07) is 13.6. The van der Waals surface area contributed by atoms with Crippen LogP contribution in [0, 0.1) is 6.92 Å². The van der Waals surface area contributed by atoms with E-state index in [-0.39, 0.29) is 11.5 Å². The summed E-state index contributed by atoms with van der Waals surface area (Å²) >= 11 is 0. The van der Waals surface area contributed by atoms with Gasteiger partial charge in [0.1, 0.15) is 0 Å². The Morgan fingerprint density at radius 2 is 1.81 bits per heavy atom. The van der Waals surface area contributed by atoms with Crippen LogP contribution in [0.3, 0.4) is 0 Å². The molecule has 26 heavy (non-hydrogen) atoms. The molecule has 2 aromatic carbocycles. The van der Waals surface area contributed by atoms with E-state index in [2.05, 4.69) is 10.5 Å². The lowest BCUT2D eigenvalue weighted by atomic mass is 10.1. The molecule has 0 heterocycles. The van der Waals surface area contributed by atoms with Gasteiger partial charge < -0.3 is 10.2 Å². The van der Waals surface area contributed by atoms with Gasteiger partial charge in [0, 0.05) is 19.8 Å². The second kappa shape index (κ2) is 8.59. The zero-order chi connectivity index (χ0) is 19.2. The number of hydrogen-bond donors (Lipinski definition) is 1. The Bertz CT molecular complexity index is 891. The number of oxime groups is 1. The van der Waals surface area contributed by atoms with E-state index in [4.69, 9.17) is 4.84 Å². The lowest BCUT2D eigenvalue weighted by Gasteiger charge is -2.11. The molecule has 0 spiro atoms. The molecule has 0 fully saturated rings. The Hall–Kier alpha value is -2.71. The highest BCUT2D eigenvalue weighted by molar-refractivity contribution is 7.89. The molecule has 7 nitrogen and oxygen atoms in total. The van der Waals surface area contributed by atoms with Gasteiger partial charge in [0.15, 0.2) is 6.61 Å². The second-order valence-electron chi connectivity index (χ2n) is 5.72. The fourth-order valence-corrected chi connectivity index (χ4v) is 2.94. The number of nitrogens with zero attached hydrogens (tertiary/aromatic N) is 2. The predicted molar refractivity (Wildman–Crippen MR) is 101 cm³/mol. The molecule has 1 N–H and O–H groups in total. The number of carbonyl (C=O) groups is 1. The van der Waals surface area contributed by atoms with Gasteiger partial charge in [-0.1, -0.05) is 29.4 Å². The Kier molecular flexibility index (Phi) is 6.48. The summed E-state index contributed by atoms with van der Waals surface area (Å²) in [4.78, 5) is 17.0. The standard InChI is InChI=1S/C18H21N3O4S/c1-14-6-4-5-7-15(14)12-19-25-13-18(22)20-16-8-10-17(11-9-16)26(23,24)21(2)3/h4-12H,13H2,1-3H3,(H,20,22)/b19-12+. The number of carbonyl (C=O) groups excluding carboxylic acids is 1. The van der Waals surface area contributed by atoms with E-state index in [9.17, 15) is 13.2 Å². The number of hydrogen-bond acceptors (Lipinski definition) is 5. The van der Waals surface area contributed by atoms with Gasteiger partial charge in [0.2, 0.25) is 10.0 Å². The molecule has 0 unspecified atom stereocenters. The lowest BCUT2D eigenvalue weighted by Crippen LogP contribution is -2.22. The molecule has 1 amide bonds. The van der Waals surface area contributed by atoms with Gasteiger partial charge in [-0.05, 0) is 42.3 Å². The predicted octanol–water partition coefficient (Wildman–Crippen LogP) is 2.23. The Labute approximate surface area is 153 Å². The van der Waals surface area contributed by atoms with Gasteiger partial charge in [0.25, 0.3) is 5.91 Å². The summed E-state index contributed by atoms with van der Waals surface area (Å²) in [5, 5.41) is 6.39. The summed E-state index contributed by atoms with van der Waals surface area (Å²) in [7, 11) is -0.577. The molecule has 0 saturated heterocycles. The molecule has 2 aromatic rings. The minimum Gasteiger partial charge on any atom is -0.386 e. The van der Waals surface area contributed by atoms with Gasteiger partial charge in [-0.25, -0.2) is 12.7 Å². The third-order valence-corrected chi connectivity index (χ3v) is 5.40. The van der Waals surface area contributed by atoms with Crippen LogP contribution in [-0.2, 0) is 19.7 Å². The first-order valence-corrected chi connectivity index (χ1v) is 9.28. The summed E-state index contributed by atoms with van der Waals surface area (Å²) < 4.78 is 25.1. The Morgan fingerprint density at radius 1 is 1.15 bits per heavy atom. The number of benzene rings is 2. The molecule has 0 aliphatic heterocycles. The quantitative estimate of drug-likeness (QED) is 0.594. The maximum absolute atomic E-state index is 12.0. The van der Waals surface area contributed by atoms with Crippen molar-refractivity contribution in [2.75, 3.05) is 26.0 Å². The lowest BCUT2D eigenvalue weighted by molar-refractivity contribution is -0.120. The van der Waals surface area contributed by atoms with Gasteiger partial charge in [-0.15, -0.1) is 0 Å². The van der Waals surface area contributed by atoms with Crippen molar-refractivity contribution in [1.82, 2.24) is 4.31 Å². The highest BCUT2D eigenvalue weighted by Gasteiger charge is 2.16. The first kappa shape index (κ1) is 19.6. The summed E-state index contributed by atoms with van der Waals surface area (Å²) in [5.41, 5.74) is 2.43. The number of sulfonamides is 1. The van der Waals surface area contributed by atoms with Crippen LogP contribution in [-0.4, -0.2) is 45.5 Å². The molecular formula is C18H21N3O4S. The van der Waals surface area contributed by atoms with E-state index in [1.54, 1.807) is 6.21 Å². The van der Waals surface area contributed by atoms with Crippen LogP contribution in [0.15, 0.2) is 58.6 Å². The Morgan fingerprint density at radius 3 is 2.42 bits per heavy atom. The van der Waals surface area contributed by atoms with Crippen LogP contribution in [0.4, 0.5) is 5.69 Å². The first-order chi connectivity index (χ1) is 12.3. The second-order valence-corrected chi connectivity index (χ2v) is 7.88. The number of nitrogens with one attached hydrogen (secondary N) is 1. The topological polar surface area (TPSA) is 88.1 Å². The first-order valence-electron chi connectivity index (χ1n) is 7.84. The van der Waals surface area contributed by atoms with E-state index < -0.39 is 15.9 Å². The van der Waals surface area contributed by atoms with Crippen molar-refractivity contribution in [3.05, 3.63) is 59.7 Å². The van der Waals surface area contributed by atoms with Crippen LogP contribution >= 0.6 is 0 Å². The average Bonchev–Trinajstić information content (AvgIpc) is 2.60. The van der Waals surface area contributed by atoms with Crippen LogP contribution in [0.2, 0.25) is 0 Å². The minimum absolute atomic E-state index is 0.152. The van der Waals surface area contributed by atoms with Crippen LogP contribution in [0.25, 0.3) is 0 Å². The molecule has 0 aromatic heterocycles. The molecule has 0 bridgehead atoms. The average molecular weight is 375 g/mol. The number of rotatable bonds is 7. The molecule has 138 valence electrons. The largest absolute Gasteiger partial charge is 0.386 e. The van der Waals surface area contributed by atoms with Crippen molar-refractivity contribution in [2.24, 2.45) is 5.16 Å². The molecule has 0 aliphatic carbocycles. The van der Waals surface area contributed by atoms with Crippen LogP contribution in [0.5, 0.6) is 0 Å². The van der Waals surface area contributed by atoms with Crippen molar-refractivity contribution in [3.8, 4) is 0 Å². The molecule has 0 atom stereocenters. The van der Waals surface area contributed by atoms with Gasteiger partial charge in [-0.2, -0.15) is 0 Å². The van der Waals surface area contributed by atoms with Crippen molar-refractivity contribution in [1.29, 1.82) is 0 Å². The molecular weight excluding hydrogens is 354 g/mol. The maximum Gasteiger partial charge on any atom is 0.265 e. The van der Waals surface area contributed by atoms with E-state index in [1.807, 2.05) is 31.2 Å². The third-order valence-electron chi connectivity index (χ3n) is 3.57. The zero-order valence-corrected chi connectivity index (χ0v) is 15.7. The van der Waals surface area contributed by atoms with Gasteiger partial charge >= 0.3 is 0 Å². The van der Waals surface area contributed by atoms with Gasteiger partial charge in [-0.3, -0.25) is 4.79 Å². The minimum atomic E-state index is -3.49. The summed E-state index contributed by atoms with van der Waals surface area (Å²) in [5.74, 6) is -0.393. The SMILES string of the molecule is Cc1ccccc1/C=N/OCC(=O)Nc1ccc(S(=O)(=O)N(C)C)cc1. The molecule has 8 heteroatoms. The van der Waals surface area contributed by atoms with Crippen molar-refractivity contribution < 1.29 is 18.0 Å². The fraction of sp³-hybridized carbons (Fsp3) is 0.222. The number of anilines is 1. The molecule has 2 rings (SSSR count). The molecule has 0 saturated carbocycles.